The molecule has 3 rings (SSSR count). The molecule has 1 N–H and O–H groups in total. The van der Waals surface area contributed by atoms with Gasteiger partial charge in [0.15, 0.2) is 0 Å². The Bertz CT molecular complexity index is 423. The SMILES string of the molecule is CC(O)(CC1CC2CCC1C2)c1ccc(Cl)cc1. The normalized spacial score (nSPS) is 33.6. The van der Waals surface area contributed by atoms with Crippen molar-refractivity contribution in [1.29, 1.82) is 0 Å². The third kappa shape index (κ3) is 2.31. The first-order valence-electron chi connectivity index (χ1n) is 7.03. The van der Waals surface area contributed by atoms with Crippen molar-refractivity contribution in [1.82, 2.24) is 0 Å². The molecule has 0 heterocycles. The van der Waals surface area contributed by atoms with Crippen molar-refractivity contribution in [2.45, 2.75) is 44.6 Å². The molecule has 4 atom stereocenters. The van der Waals surface area contributed by atoms with Crippen molar-refractivity contribution in [3.63, 3.8) is 0 Å². The van der Waals surface area contributed by atoms with Gasteiger partial charge in [0.2, 0.25) is 0 Å². The maximum Gasteiger partial charge on any atom is 0.0871 e. The first-order valence-corrected chi connectivity index (χ1v) is 7.41. The van der Waals surface area contributed by atoms with Crippen LogP contribution in [0.1, 0.15) is 44.6 Å². The minimum Gasteiger partial charge on any atom is -0.385 e. The summed E-state index contributed by atoms with van der Waals surface area (Å²) in [6.07, 6.45) is 6.43. The van der Waals surface area contributed by atoms with Gasteiger partial charge in [0, 0.05) is 5.02 Å². The first kappa shape index (κ1) is 12.5. The molecule has 98 valence electrons. The van der Waals surface area contributed by atoms with Crippen LogP contribution in [0.4, 0.5) is 0 Å². The van der Waals surface area contributed by atoms with Crippen LogP contribution in [-0.4, -0.2) is 5.11 Å². The zero-order valence-electron chi connectivity index (χ0n) is 10.9. The lowest BCUT2D eigenvalue weighted by Crippen LogP contribution is -2.27. The lowest BCUT2D eigenvalue weighted by Gasteiger charge is -2.31. The van der Waals surface area contributed by atoms with Crippen LogP contribution in [0.3, 0.4) is 0 Å². The summed E-state index contributed by atoms with van der Waals surface area (Å²) in [5.41, 5.74) is 0.286. The Morgan fingerprint density at radius 2 is 1.94 bits per heavy atom. The van der Waals surface area contributed by atoms with Gasteiger partial charge in [-0.3, -0.25) is 0 Å². The Labute approximate surface area is 114 Å². The van der Waals surface area contributed by atoms with Crippen molar-refractivity contribution >= 4 is 11.6 Å². The summed E-state index contributed by atoms with van der Waals surface area (Å²) >= 11 is 5.90. The average Bonchev–Trinajstić information content (AvgIpc) is 2.91. The number of halogens is 1. The van der Waals surface area contributed by atoms with Crippen LogP contribution >= 0.6 is 11.6 Å². The van der Waals surface area contributed by atoms with E-state index in [4.69, 9.17) is 11.6 Å². The van der Waals surface area contributed by atoms with E-state index < -0.39 is 5.60 Å². The summed E-state index contributed by atoms with van der Waals surface area (Å²) in [4.78, 5) is 0. The average molecular weight is 265 g/mol. The lowest BCUT2D eigenvalue weighted by atomic mass is 9.78. The molecule has 2 aliphatic rings. The fraction of sp³-hybridized carbons (Fsp3) is 0.625. The van der Waals surface area contributed by atoms with Crippen molar-refractivity contribution < 1.29 is 5.11 Å². The Hall–Kier alpha value is -0.530. The van der Waals surface area contributed by atoms with E-state index in [0.717, 1.165) is 34.8 Å². The number of benzene rings is 1. The Kier molecular flexibility index (Phi) is 3.15. The van der Waals surface area contributed by atoms with Gasteiger partial charge in [-0.05, 0) is 68.1 Å². The number of hydrogen-bond donors (Lipinski definition) is 1. The highest BCUT2D eigenvalue weighted by atomic mass is 35.5. The van der Waals surface area contributed by atoms with Crippen LogP contribution in [0.15, 0.2) is 24.3 Å². The van der Waals surface area contributed by atoms with Gasteiger partial charge in [-0.1, -0.05) is 30.2 Å². The molecule has 0 aliphatic heterocycles. The van der Waals surface area contributed by atoms with Crippen LogP contribution < -0.4 is 0 Å². The molecule has 0 aromatic heterocycles. The number of aliphatic hydroxyl groups is 1. The molecular weight excluding hydrogens is 244 g/mol. The van der Waals surface area contributed by atoms with Gasteiger partial charge < -0.3 is 5.11 Å². The summed E-state index contributed by atoms with van der Waals surface area (Å²) in [6, 6.07) is 7.64. The van der Waals surface area contributed by atoms with Crippen molar-refractivity contribution in [2.24, 2.45) is 17.8 Å². The number of fused-ring (bicyclic) bond motifs is 2. The quantitative estimate of drug-likeness (QED) is 0.859. The van der Waals surface area contributed by atoms with Gasteiger partial charge in [-0.2, -0.15) is 0 Å². The molecule has 2 fully saturated rings. The van der Waals surface area contributed by atoms with Crippen LogP contribution in [0, 0.1) is 17.8 Å². The molecule has 0 saturated heterocycles. The smallest absolute Gasteiger partial charge is 0.0871 e. The van der Waals surface area contributed by atoms with Gasteiger partial charge in [0.05, 0.1) is 5.60 Å². The van der Waals surface area contributed by atoms with Crippen LogP contribution in [0.5, 0.6) is 0 Å². The Morgan fingerprint density at radius 3 is 2.50 bits per heavy atom. The molecule has 0 amide bonds. The van der Waals surface area contributed by atoms with Gasteiger partial charge in [0.1, 0.15) is 0 Å². The molecule has 2 aliphatic carbocycles. The van der Waals surface area contributed by atoms with Gasteiger partial charge >= 0.3 is 0 Å². The summed E-state index contributed by atoms with van der Waals surface area (Å²) in [6.45, 7) is 1.95. The first-order chi connectivity index (χ1) is 8.54. The molecule has 4 unspecified atom stereocenters. The van der Waals surface area contributed by atoms with E-state index in [1.54, 1.807) is 0 Å². The largest absolute Gasteiger partial charge is 0.385 e. The molecule has 1 aromatic rings. The van der Waals surface area contributed by atoms with E-state index in [-0.39, 0.29) is 0 Å². The summed E-state index contributed by atoms with van der Waals surface area (Å²) in [7, 11) is 0. The molecule has 0 radical (unpaired) electrons. The Balaban J connectivity index is 1.72. The maximum absolute atomic E-state index is 10.7. The molecule has 1 aromatic carbocycles. The summed E-state index contributed by atoms with van der Waals surface area (Å²) in [5, 5.41) is 11.5. The zero-order chi connectivity index (χ0) is 12.8. The monoisotopic (exact) mass is 264 g/mol. The van der Waals surface area contributed by atoms with E-state index in [1.807, 2.05) is 31.2 Å². The van der Waals surface area contributed by atoms with Crippen molar-refractivity contribution in [2.75, 3.05) is 0 Å². The topological polar surface area (TPSA) is 20.2 Å². The van der Waals surface area contributed by atoms with E-state index >= 15 is 0 Å². The highest BCUT2D eigenvalue weighted by Gasteiger charge is 2.42. The number of rotatable bonds is 3. The van der Waals surface area contributed by atoms with E-state index in [1.165, 1.54) is 25.7 Å². The maximum atomic E-state index is 10.7. The van der Waals surface area contributed by atoms with E-state index in [2.05, 4.69) is 0 Å². The van der Waals surface area contributed by atoms with E-state index in [0.29, 0.717) is 0 Å². The lowest BCUT2D eigenvalue weighted by molar-refractivity contribution is 0.0205. The Morgan fingerprint density at radius 1 is 1.22 bits per heavy atom. The molecule has 1 nitrogen and oxygen atoms in total. The van der Waals surface area contributed by atoms with Crippen LogP contribution in [-0.2, 0) is 5.60 Å². The summed E-state index contributed by atoms with van der Waals surface area (Å²) < 4.78 is 0. The molecule has 2 bridgehead atoms. The second-order valence-electron chi connectivity index (χ2n) is 6.42. The second kappa shape index (κ2) is 4.54. The minimum atomic E-state index is -0.709. The van der Waals surface area contributed by atoms with Gasteiger partial charge in [-0.25, -0.2) is 0 Å². The van der Waals surface area contributed by atoms with Gasteiger partial charge in [0.25, 0.3) is 0 Å². The molecule has 2 saturated carbocycles. The fourth-order valence-electron chi connectivity index (χ4n) is 4.06. The standard InChI is InChI=1S/C16H21ClO/c1-16(18,14-4-6-15(17)7-5-14)10-13-9-11-2-3-12(13)8-11/h4-7,11-13,18H,2-3,8-10H2,1H3. The highest BCUT2D eigenvalue weighted by molar-refractivity contribution is 6.30. The van der Waals surface area contributed by atoms with E-state index in [9.17, 15) is 5.11 Å². The number of hydrogen-bond acceptors (Lipinski definition) is 1. The van der Waals surface area contributed by atoms with Crippen molar-refractivity contribution in [3.8, 4) is 0 Å². The molecule has 0 spiro atoms. The van der Waals surface area contributed by atoms with Gasteiger partial charge in [-0.15, -0.1) is 0 Å². The predicted octanol–water partition coefficient (Wildman–Crippen LogP) is 4.37. The predicted molar refractivity (Wildman–Crippen MR) is 74.6 cm³/mol. The molecule has 2 heteroatoms. The van der Waals surface area contributed by atoms with Crippen LogP contribution in [0.2, 0.25) is 5.02 Å². The third-order valence-electron chi connectivity index (χ3n) is 5.01. The molecular formula is C16H21ClO. The molecule has 18 heavy (non-hydrogen) atoms. The third-order valence-corrected chi connectivity index (χ3v) is 5.26. The second-order valence-corrected chi connectivity index (χ2v) is 6.86. The summed E-state index contributed by atoms with van der Waals surface area (Å²) in [5.74, 6) is 2.53. The highest BCUT2D eigenvalue weighted by Crippen LogP contribution is 2.51. The van der Waals surface area contributed by atoms with Crippen LogP contribution in [0.25, 0.3) is 0 Å². The zero-order valence-corrected chi connectivity index (χ0v) is 11.7. The fourth-order valence-corrected chi connectivity index (χ4v) is 4.19. The minimum absolute atomic E-state index is 0.709. The van der Waals surface area contributed by atoms with Crippen molar-refractivity contribution in [3.05, 3.63) is 34.9 Å².